The Labute approximate surface area is 176 Å². The van der Waals surface area contributed by atoms with Crippen LogP contribution in [0.4, 0.5) is 11.4 Å². The van der Waals surface area contributed by atoms with Crippen molar-refractivity contribution in [3.63, 3.8) is 0 Å². The summed E-state index contributed by atoms with van der Waals surface area (Å²) in [7, 11) is -3.69. The Bertz CT molecular complexity index is 1120. The summed E-state index contributed by atoms with van der Waals surface area (Å²) in [5.41, 5.74) is 2.45. The zero-order valence-electron chi connectivity index (χ0n) is 17.0. The van der Waals surface area contributed by atoms with Crippen molar-refractivity contribution in [2.75, 3.05) is 36.4 Å². The van der Waals surface area contributed by atoms with E-state index in [9.17, 15) is 13.2 Å². The Morgan fingerprint density at radius 3 is 2.37 bits per heavy atom. The summed E-state index contributed by atoms with van der Waals surface area (Å²) in [5, 5.41) is 2.87. The van der Waals surface area contributed by atoms with Gasteiger partial charge >= 0.3 is 0 Å². The van der Waals surface area contributed by atoms with Crippen LogP contribution in [0, 0.1) is 6.92 Å². The molecule has 158 valence electrons. The van der Waals surface area contributed by atoms with Crippen LogP contribution in [0.15, 0.2) is 35.2 Å². The summed E-state index contributed by atoms with van der Waals surface area (Å²) in [6, 6.07) is 8.83. The molecule has 0 aromatic heterocycles. The number of benzene rings is 2. The van der Waals surface area contributed by atoms with E-state index in [4.69, 9.17) is 4.74 Å². The molecule has 2 aromatic rings. The number of ether oxygens (including phenoxy) is 1. The molecule has 2 saturated heterocycles. The van der Waals surface area contributed by atoms with Gasteiger partial charge in [-0.25, -0.2) is 8.42 Å². The van der Waals surface area contributed by atoms with E-state index in [0.29, 0.717) is 36.0 Å². The van der Waals surface area contributed by atoms with Crippen molar-refractivity contribution in [2.24, 2.45) is 0 Å². The average molecular weight is 428 g/mol. The molecular formula is C22H25N3O4S. The maximum atomic E-state index is 13.5. The van der Waals surface area contributed by atoms with Gasteiger partial charge in [-0.3, -0.25) is 4.79 Å². The van der Waals surface area contributed by atoms with E-state index < -0.39 is 10.0 Å². The first-order valence-corrected chi connectivity index (χ1v) is 11.9. The van der Waals surface area contributed by atoms with Gasteiger partial charge in [0.1, 0.15) is 10.6 Å². The number of nitrogens with zero attached hydrogens (tertiary/aromatic N) is 2. The van der Waals surface area contributed by atoms with E-state index in [1.807, 2.05) is 25.1 Å². The van der Waals surface area contributed by atoms with Crippen molar-refractivity contribution in [3.8, 4) is 11.5 Å². The Morgan fingerprint density at radius 2 is 1.63 bits per heavy atom. The van der Waals surface area contributed by atoms with Gasteiger partial charge in [-0.2, -0.15) is 4.31 Å². The molecule has 0 spiro atoms. The number of fused-ring (bicyclic) bond motifs is 2. The molecular weight excluding hydrogens is 402 g/mol. The molecule has 30 heavy (non-hydrogen) atoms. The number of aryl methyl sites for hydroxylation is 1. The zero-order valence-corrected chi connectivity index (χ0v) is 17.8. The first-order valence-electron chi connectivity index (χ1n) is 10.5. The Hall–Kier alpha value is -2.58. The van der Waals surface area contributed by atoms with Gasteiger partial charge in [0, 0.05) is 32.2 Å². The van der Waals surface area contributed by atoms with Gasteiger partial charge in [0.25, 0.3) is 5.91 Å². The fourth-order valence-corrected chi connectivity index (χ4v) is 6.17. The number of amides is 1. The predicted molar refractivity (Wildman–Crippen MR) is 115 cm³/mol. The highest BCUT2D eigenvalue weighted by molar-refractivity contribution is 7.89. The van der Waals surface area contributed by atoms with Crippen molar-refractivity contribution >= 4 is 27.3 Å². The van der Waals surface area contributed by atoms with Crippen molar-refractivity contribution in [2.45, 2.75) is 37.5 Å². The minimum atomic E-state index is -3.69. The number of anilines is 2. The van der Waals surface area contributed by atoms with Crippen LogP contribution in [0.3, 0.4) is 0 Å². The highest BCUT2D eigenvalue weighted by Gasteiger charge is 2.34. The van der Waals surface area contributed by atoms with Gasteiger partial charge in [-0.1, -0.05) is 6.07 Å². The van der Waals surface area contributed by atoms with Gasteiger partial charge < -0.3 is 15.0 Å². The second-order valence-electron chi connectivity index (χ2n) is 8.18. The maximum Gasteiger partial charge on any atom is 0.259 e. The Balaban J connectivity index is 1.67. The first-order chi connectivity index (χ1) is 14.4. The summed E-state index contributed by atoms with van der Waals surface area (Å²) in [5.74, 6) is 0.577. The molecule has 2 fully saturated rings. The molecule has 3 heterocycles. The average Bonchev–Trinajstić information content (AvgIpc) is 3.42. The molecule has 5 rings (SSSR count). The third kappa shape index (κ3) is 3.24. The quantitative estimate of drug-likeness (QED) is 0.807. The summed E-state index contributed by atoms with van der Waals surface area (Å²) in [6.07, 6.45) is 3.76. The monoisotopic (exact) mass is 427 g/mol. The van der Waals surface area contributed by atoms with Gasteiger partial charge in [-0.05, 0) is 56.4 Å². The lowest BCUT2D eigenvalue weighted by Gasteiger charge is -2.25. The first kappa shape index (κ1) is 19.4. The lowest BCUT2D eigenvalue weighted by atomic mass is 10.1. The minimum Gasteiger partial charge on any atom is -0.454 e. The minimum absolute atomic E-state index is 0.200. The van der Waals surface area contributed by atoms with Crippen LogP contribution in [0.1, 0.15) is 41.6 Å². The molecule has 3 aliphatic rings. The molecule has 3 aliphatic heterocycles. The van der Waals surface area contributed by atoms with Crippen LogP contribution in [-0.4, -0.2) is 44.8 Å². The fourth-order valence-electron chi connectivity index (χ4n) is 4.43. The molecule has 0 saturated carbocycles. The summed E-state index contributed by atoms with van der Waals surface area (Å²) in [4.78, 5) is 15.3. The Morgan fingerprint density at radius 1 is 0.933 bits per heavy atom. The van der Waals surface area contributed by atoms with Gasteiger partial charge in [-0.15, -0.1) is 0 Å². The Kier molecular flexibility index (Phi) is 4.71. The number of carbonyl (C=O) groups excluding carboxylic acids is 1. The standard InChI is InChI=1S/C22H25N3O4S/c1-15-6-7-19-17(12-15)23-22(26)16-13-21(30(27,28)25-10-4-5-11-25)18(14-20(16)29-19)24-8-2-3-9-24/h6-7,12-14H,2-5,8-11H2,1H3,(H,23,26). The number of carbonyl (C=O) groups is 1. The van der Waals surface area contributed by atoms with Crippen molar-refractivity contribution in [1.29, 1.82) is 0 Å². The fraction of sp³-hybridized carbons (Fsp3) is 0.409. The van der Waals surface area contributed by atoms with Crippen molar-refractivity contribution in [3.05, 3.63) is 41.5 Å². The molecule has 0 aliphatic carbocycles. The summed E-state index contributed by atoms with van der Waals surface area (Å²) < 4.78 is 34.6. The van der Waals surface area contributed by atoms with E-state index in [-0.39, 0.29) is 16.4 Å². The SMILES string of the molecule is Cc1ccc2c(c1)NC(=O)c1cc(S(=O)(=O)N3CCCC3)c(N3CCCC3)cc1O2. The van der Waals surface area contributed by atoms with E-state index in [2.05, 4.69) is 10.2 Å². The third-order valence-electron chi connectivity index (χ3n) is 6.04. The van der Waals surface area contributed by atoms with Crippen LogP contribution in [0.25, 0.3) is 0 Å². The van der Waals surface area contributed by atoms with E-state index in [0.717, 1.165) is 44.3 Å². The van der Waals surface area contributed by atoms with E-state index in [1.54, 1.807) is 6.07 Å². The second kappa shape index (κ2) is 7.28. The predicted octanol–water partition coefficient (Wildman–Crippen LogP) is 3.74. The van der Waals surface area contributed by atoms with Gasteiger partial charge in [0.2, 0.25) is 10.0 Å². The molecule has 2 aromatic carbocycles. The molecule has 1 amide bonds. The second-order valence-corrected chi connectivity index (χ2v) is 10.1. The maximum absolute atomic E-state index is 13.5. The van der Waals surface area contributed by atoms with Crippen LogP contribution in [0.5, 0.6) is 11.5 Å². The highest BCUT2D eigenvalue weighted by atomic mass is 32.2. The highest BCUT2D eigenvalue weighted by Crippen LogP contribution is 2.42. The molecule has 0 bridgehead atoms. The third-order valence-corrected chi connectivity index (χ3v) is 7.97. The number of sulfonamides is 1. The molecule has 0 unspecified atom stereocenters. The van der Waals surface area contributed by atoms with Gasteiger partial charge in [0.15, 0.2) is 5.75 Å². The van der Waals surface area contributed by atoms with Crippen LogP contribution in [0.2, 0.25) is 0 Å². The van der Waals surface area contributed by atoms with Crippen LogP contribution in [-0.2, 0) is 10.0 Å². The molecule has 0 atom stereocenters. The molecule has 1 N–H and O–H groups in total. The number of hydrogen-bond donors (Lipinski definition) is 1. The number of rotatable bonds is 3. The normalized spacial score (nSPS) is 19.1. The van der Waals surface area contributed by atoms with Crippen LogP contribution >= 0.6 is 0 Å². The topological polar surface area (TPSA) is 79.0 Å². The lowest BCUT2D eigenvalue weighted by molar-refractivity contribution is 0.102. The lowest BCUT2D eigenvalue weighted by Crippen LogP contribution is -2.30. The largest absolute Gasteiger partial charge is 0.454 e. The van der Waals surface area contributed by atoms with E-state index >= 15 is 0 Å². The smallest absolute Gasteiger partial charge is 0.259 e. The summed E-state index contributed by atoms with van der Waals surface area (Å²) >= 11 is 0. The van der Waals surface area contributed by atoms with Crippen molar-refractivity contribution < 1.29 is 17.9 Å². The van der Waals surface area contributed by atoms with Crippen LogP contribution < -0.4 is 15.0 Å². The molecule has 0 radical (unpaired) electrons. The number of hydrogen-bond acceptors (Lipinski definition) is 5. The van der Waals surface area contributed by atoms with Crippen molar-refractivity contribution in [1.82, 2.24) is 4.31 Å². The molecule has 7 nitrogen and oxygen atoms in total. The van der Waals surface area contributed by atoms with Gasteiger partial charge in [0.05, 0.1) is 16.9 Å². The zero-order chi connectivity index (χ0) is 20.9. The number of nitrogens with one attached hydrogen (secondary N) is 1. The van der Waals surface area contributed by atoms with E-state index in [1.165, 1.54) is 10.4 Å². The summed E-state index contributed by atoms with van der Waals surface area (Å²) in [6.45, 7) is 4.57. The molecule has 8 heteroatoms.